The fourth-order valence-electron chi connectivity index (χ4n) is 2.69. The van der Waals surface area contributed by atoms with E-state index in [9.17, 15) is 19.1 Å². The van der Waals surface area contributed by atoms with Gasteiger partial charge in [-0.3, -0.25) is 4.79 Å². The van der Waals surface area contributed by atoms with Gasteiger partial charge in [0.15, 0.2) is 17.7 Å². The molecule has 0 bridgehead atoms. The highest BCUT2D eigenvalue weighted by Crippen LogP contribution is 2.33. The number of aliphatic hydroxyl groups is 1. The summed E-state index contributed by atoms with van der Waals surface area (Å²) in [5.41, 5.74) is 0.0362. The Balaban J connectivity index is 2.27. The van der Waals surface area contributed by atoms with Gasteiger partial charge in [-0.05, 0) is 70.4 Å². The van der Waals surface area contributed by atoms with Crippen LogP contribution in [0.5, 0.6) is 5.75 Å². The molecule has 1 N–H and O–H groups in total. The molecular weight excluding hydrogens is 399 g/mol. The van der Waals surface area contributed by atoms with Crippen LogP contribution >= 0.6 is 0 Å². The number of carbonyl (C=O) groups is 2. The molecule has 2 aromatic rings. The molecule has 1 unspecified atom stereocenters. The molecule has 0 spiro atoms. The van der Waals surface area contributed by atoms with E-state index in [0.717, 1.165) is 0 Å². The molecule has 0 heterocycles. The Hall–Kier alpha value is -2.99. The Labute approximate surface area is 182 Å². The van der Waals surface area contributed by atoms with Crippen molar-refractivity contribution in [1.82, 2.24) is 0 Å². The zero-order valence-corrected chi connectivity index (χ0v) is 18.8. The molecule has 0 aliphatic heterocycles. The minimum atomic E-state index is -1.32. The van der Waals surface area contributed by atoms with E-state index in [4.69, 9.17) is 9.47 Å². The third-order valence-electron chi connectivity index (χ3n) is 4.51. The standard InChI is InChI=1S/C25H29FO5/c1-15(2)22(27)31-21(25(6,7)29)17-10-8-16(9-11-17)18-12-13-20(19(26)14-18)30-23(28)24(3,4)5/h8-14,21,29H,1H2,2-7H3. The number of benzene rings is 2. The van der Waals surface area contributed by atoms with E-state index in [1.165, 1.54) is 19.1 Å². The molecule has 6 heteroatoms. The lowest BCUT2D eigenvalue weighted by Gasteiger charge is -2.29. The summed E-state index contributed by atoms with van der Waals surface area (Å²) in [6, 6.07) is 11.2. The smallest absolute Gasteiger partial charge is 0.333 e. The Kier molecular flexibility index (Phi) is 7.06. The highest BCUT2D eigenvalue weighted by Gasteiger charge is 2.32. The van der Waals surface area contributed by atoms with Crippen LogP contribution in [0.2, 0.25) is 0 Å². The van der Waals surface area contributed by atoms with Crippen molar-refractivity contribution in [3.05, 3.63) is 66.0 Å². The van der Waals surface area contributed by atoms with E-state index in [-0.39, 0.29) is 11.3 Å². The van der Waals surface area contributed by atoms with Crippen LogP contribution in [-0.2, 0) is 14.3 Å². The lowest BCUT2D eigenvalue weighted by Crippen LogP contribution is -2.32. The lowest BCUT2D eigenvalue weighted by molar-refractivity contribution is -0.158. The van der Waals surface area contributed by atoms with Gasteiger partial charge in [-0.2, -0.15) is 0 Å². The topological polar surface area (TPSA) is 72.8 Å². The van der Waals surface area contributed by atoms with Gasteiger partial charge in [-0.1, -0.05) is 36.9 Å². The average molecular weight is 429 g/mol. The van der Waals surface area contributed by atoms with Gasteiger partial charge in [0, 0.05) is 5.57 Å². The first-order valence-electron chi connectivity index (χ1n) is 9.91. The van der Waals surface area contributed by atoms with Crippen LogP contribution in [0, 0.1) is 11.2 Å². The molecule has 2 aromatic carbocycles. The summed E-state index contributed by atoms with van der Waals surface area (Å²) in [7, 11) is 0. The Morgan fingerprint density at radius 3 is 2.00 bits per heavy atom. The molecule has 0 aromatic heterocycles. The van der Waals surface area contributed by atoms with E-state index in [1.54, 1.807) is 65.0 Å². The van der Waals surface area contributed by atoms with Gasteiger partial charge in [0.25, 0.3) is 0 Å². The molecule has 0 amide bonds. The zero-order chi connectivity index (χ0) is 23.6. The van der Waals surface area contributed by atoms with Crippen molar-refractivity contribution in [3.8, 4) is 16.9 Å². The van der Waals surface area contributed by atoms with Crippen molar-refractivity contribution >= 4 is 11.9 Å². The van der Waals surface area contributed by atoms with Gasteiger partial charge >= 0.3 is 11.9 Å². The van der Waals surface area contributed by atoms with Gasteiger partial charge < -0.3 is 14.6 Å². The molecule has 0 saturated heterocycles. The quantitative estimate of drug-likeness (QED) is 0.380. The number of ether oxygens (including phenoxy) is 2. The van der Waals surface area contributed by atoms with E-state index in [0.29, 0.717) is 16.7 Å². The zero-order valence-electron chi connectivity index (χ0n) is 18.8. The fraction of sp³-hybridized carbons (Fsp3) is 0.360. The fourth-order valence-corrected chi connectivity index (χ4v) is 2.69. The lowest BCUT2D eigenvalue weighted by atomic mass is 9.93. The van der Waals surface area contributed by atoms with Gasteiger partial charge in [-0.25, -0.2) is 9.18 Å². The summed E-state index contributed by atoms with van der Waals surface area (Å²) in [6.45, 7) is 13.3. The Morgan fingerprint density at radius 2 is 1.55 bits per heavy atom. The van der Waals surface area contributed by atoms with Crippen LogP contribution in [0.3, 0.4) is 0 Å². The van der Waals surface area contributed by atoms with Gasteiger partial charge in [0.05, 0.1) is 5.41 Å². The third-order valence-corrected chi connectivity index (χ3v) is 4.51. The molecule has 5 nitrogen and oxygen atoms in total. The molecule has 0 aliphatic rings. The number of hydrogen-bond donors (Lipinski definition) is 1. The first kappa shape index (κ1) is 24.3. The van der Waals surface area contributed by atoms with Gasteiger partial charge in [0.2, 0.25) is 0 Å². The number of rotatable bonds is 6. The van der Waals surface area contributed by atoms with Crippen molar-refractivity contribution in [2.45, 2.75) is 53.2 Å². The summed E-state index contributed by atoms with van der Waals surface area (Å²) in [6.07, 6.45) is -0.901. The summed E-state index contributed by atoms with van der Waals surface area (Å²) in [5.74, 6) is -1.90. The maximum atomic E-state index is 14.5. The van der Waals surface area contributed by atoms with Crippen molar-refractivity contribution in [2.24, 2.45) is 5.41 Å². The van der Waals surface area contributed by atoms with Crippen LogP contribution < -0.4 is 4.74 Å². The number of halogens is 1. The van der Waals surface area contributed by atoms with Gasteiger partial charge in [0.1, 0.15) is 5.60 Å². The van der Waals surface area contributed by atoms with Crippen LogP contribution in [0.25, 0.3) is 11.1 Å². The van der Waals surface area contributed by atoms with Crippen molar-refractivity contribution in [1.29, 1.82) is 0 Å². The second-order valence-electron chi connectivity index (χ2n) is 9.13. The molecule has 31 heavy (non-hydrogen) atoms. The predicted molar refractivity (Wildman–Crippen MR) is 117 cm³/mol. The maximum Gasteiger partial charge on any atom is 0.333 e. The second kappa shape index (κ2) is 9.02. The monoisotopic (exact) mass is 428 g/mol. The van der Waals surface area contributed by atoms with Crippen molar-refractivity contribution < 1.29 is 28.6 Å². The van der Waals surface area contributed by atoms with Gasteiger partial charge in [-0.15, -0.1) is 0 Å². The van der Waals surface area contributed by atoms with Crippen LogP contribution in [0.4, 0.5) is 4.39 Å². The van der Waals surface area contributed by atoms with E-state index in [1.807, 2.05) is 0 Å². The van der Waals surface area contributed by atoms with Crippen molar-refractivity contribution in [3.63, 3.8) is 0 Å². The highest BCUT2D eigenvalue weighted by molar-refractivity contribution is 5.87. The SMILES string of the molecule is C=C(C)C(=O)OC(c1ccc(-c2ccc(OC(=O)C(C)(C)C)c(F)c2)cc1)C(C)(C)O. The molecule has 1 atom stereocenters. The van der Waals surface area contributed by atoms with Crippen molar-refractivity contribution in [2.75, 3.05) is 0 Å². The van der Waals surface area contributed by atoms with E-state index in [2.05, 4.69) is 6.58 Å². The first-order valence-corrected chi connectivity index (χ1v) is 9.91. The third kappa shape index (κ3) is 6.25. The molecule has 0 aliphatic carbocycles. The highest BCUT2D eigenvalue weighted by atomic mass is 19.1. The molecule has 166 valence electrons. The molecule has 0 fully saturated rings. The summed E-state index contributed by atoms with van der Waals surface area (Å²) in [5, 5.41) is 10.4. The van der Waals surface area contributed by atoms with E-state index < -0.39 is 34.9 Å². The predicted octanol–water partition coefficient (Wildman–Crippen LogP) is 5.38. The molecular formula is C25H29FO5. The molecule has 0 saturated carbocycles. The minimum Gasteiger partial charge on any atom is -0.451 e. The summed E-state index contributed by atoms with van der Waals surface area (Å²) >= 11 is 0. The summed E-state index contributed by atoms with van der Waals surface area (Å²) < 4.78 is 25.0. The Bertz CT molecular complexity index is 978. The average Bonchev–Trinajstić information content (AvgIpc) is 2.65. The van der Waals surface area contributed by atoms with E-state index >= 15 is 0 Å². The molecule has 2 rings (SSSR count). The maximum absolute atomic E-state index is 14.5. The minimum absolute atomic E-state index is 0.130. The number of carbonyl (C=O) groups excluding carboxylic acids is 2. The van der Waals surface area contributed by atoms with Crippen LogP contribution in [0.1, 0.15) is 53.2 Å². The summed E-state index contributed by atoms with van der Waals surface area (Å²) in [4.78, 5) is 24.0. The van der Waals surface area contributed by atoms with Crippen LogP contribution in [0.15, 0.2) is 54.6 Å². The number of esters is 2. The first-order chi connectivity index (χ1) is 14.2. The number of hydrogen-bond acceptors (Lipinski definition) is 5. The second-order valence-corrected chi connectivity index (χ2v) is 9.13. The van der Waals surface area contributed by atoms with Crippen LogP contribution in [-0.4, -0.2) is 22.6 Å². The Morgan fingerprint density at radius 1 is 1.00 bits per heavy atom. The largest absolute Gasteiger partial charge is 0.451 e. The molecule has 0 radical (unpaired) electrons. The normalized spacial score (nSPS) is 12.8.